The van der Waals surface area contributed by atoms with E-state index >= 15 is 0 Å². The van der Waals surface area contributed by atoms with Crippen molar-refractivity contribution < 1.29 is 5.11 Å². The number of aryl methyl sites for hydroxylation is 1. The van der Waals surface area contributed by atoms with Crippen molar-refractivity contribution in [1.82, 2.24) is 4.98 Å². The van der Waals surface area contributed by atoms with Gasteiger partial charge in [0.15, 0.2) is 0 Å². The molecule has 0 fully saturated rings. The number of pyridine rings is 1. The zero-order valence-corrected chi connectivity index (χ0v) is 12.0. The van der Waals surface area contributed by atoms with Crippen molar-refractivity contribution in [2.24, 2.45) is 0 Å². The Morgan fingerprint density at radius 3 is 2.60 bits per heavy atom. The van der Waals surface area contributed by atoms with Gasteiger partial charge in [-0.2, -0.15) is 0 Å². The maximum Gasteiger partial charge on any atom is 0.129 e. The van der Waals surface area contributed by atoms with E-state index in [1.807, 2.05) is 19.1 Å². The number of hydrogen-bond donors (Lipinski definition) is 1. The van der Waals surface area contributed by atoms with Gasteiger partial charge in [-0.05, 0) is 37.5 Å². The molecule has 1 N–H and O–H groups in total. The third kappa shape index (κ3) is 2.41. The van der Waals surface area contributed by atoms with E-state index in [4.69, 9.17) is 0 Å². The predicted molar refractivity (Wildman–Crippen MR) is 80.8 cm³/mol. The van der Waals surface area contributed by atoms with Gasteiger partial charge >= 0.3 is 0 Å². The van der Waals surface area contributed by atoms with E-state index in [-0.39, 0.29) is 0 Å². The van der Waals surface area contributed by atoms with Gasteiger partial charge in [-0.25, -0.2) is 4.98 Å². The van der Waals surface area contributed by atoms with Gasteiger partial charge in [0.25, 0.3) is 0 Å². The molecule has 2 aromatic rings. The van der Waals surface area contributed by atoms with Gasteiger partial charge in [0.05, 0.1) is 6.10 Å². The van der Waals surface area contributed by atoms with Crippen molar-refractivity contribution in [2.45, 2.75) is 32.9 Å². The number of rotatable bonds is 2. The van der Waals surface area contributed by atoms with Crippen LogP contribution in [0, 0.1) is 6.92 Å². The summed E-state index contributed by atoms with van der Waals surface area (Å²) in [6, 6.07) is 12.6. The van der Waals surface area contributed by atoms with Gasteiger partial charge in [-0.3, -0.25) is 0 Å². The zero-order valence-electron chi connectivity index (χ0n) is 12.0. The van der Waals surface area contributed by atoms with Crippen molar-refractivity contribution >= 4 is 5.82 Å². The van der Waals surface area contributed by atoms with Crippen LogP contribution in [0.4, 0.5) is 5.82 Å². The molecule has 3 nitrogen and oxygen atoms in total. The van der Waals surface area contributed by atoms with E-state index in [1.54, 1.807) is 6.92 Å². The highest BCUT2D eigenvalue weighted by Crippen LogP contribution is 2.25. The second-order valence-corrected chi connectivity index (χ2v) is 5.46. The molecule has 0 radical (unpaired) electrons. The maximum absolute atomic E-state index is 9.68. The Morgan fingerprint density at radius 2 is 1.90 bits per heavy atom. The lowest BCUT2D eigenvalue weighted by Gasteiger charge is -2.30. The topological polar surface area (TPSA) is 36.4 Å². The minimum absolute atomic E-state index is 0.460. The van der Waals surface area contributed by atoms with E-state index < -0.39 is 6.10 Å². The molecule has 1 aliphatic rings. The first-order chi connectivity index (χ1) is 9.65. The number of benzene rings is 1. The average Bonchev–Trinajstić information content (AvgIpc) is 2.46. The summed E-state index contributed by atoms with van der Waals surface area (Å²) in [5, 5.41) is 9.68. The fourth-order valence-electron chi connectivity index (χ4n) is 2.87. The molecule has 0 aliphatic carbocycles. The lowest BCUT2D eigenvalue weighted by Crippen LogP contribution is -2.31. The van der Waals surface area contributed by atoms with Gasteiger partial charge in [-0.1, -0.05) is 30.3 Å². The summed E-state index contributed by atoms with van der Waals surface area (Å²) in [4.78, 5) is 6.96. The summed E-state index contributed by atoms with van der Waals surface area (Å²) in [7, 11) is 0. The summed E-state index contributed by atoms with van der Waals surface area (Å²) >= 11 is 0. The molecule has 104 valence electrons. The van der Waals surface area contributed by atoms with Gasteiger partial charge in [-0.15, -0.1) is 0 Å². The Balaban J connectivity index is 1.86. The van der Waals surface area contributed by atoms with E-state index in [2.05, 4.69) is 34.1 Å². The highest BCUT2D eigenvalue weighted by atomic mass is 16.3. The molecule has 1 aromatic carbocycles. The van der Waals surface area contributed by atoms with E-state index in [9.17, 15) is 5.11 Å². The molecule has 3 heteroatoms. The summed E-state index contributed by atoms with van der Waals surface area (Å²) in [6.45, 7) is 5.65. The van der Waals surface area contributed by atoms with Crippen molar-refractivity contribution in [2.75, 3.05) is 11.4 Å². The third-order valence-corrected chi connectivity index (χ3v) is 4.02. The number of aliphatic hydroxyl groups excluding tert-OH is 1. The molecule has 0 saturated heterocycles. The Morgan fingerprint density at radius 1 is 1.15 bits per heavy atom. The molecular weight excluding hydrogens is 248 g/mol. The predicted octanol–water partition coefficient (Wildman–Crippen LogP) is 3.01. The number of nitrogens with zero attached hydrogens (tertiary/aromatic N) is 2. The first kappa shape index (κ1) is 13.1. The van der Waals surface area contributed by atoms with Crippen LogP contribution in [-0.2, 0) is 13.0 Å². The monoisotopic (exact) mass is 268 g/mol. The Hall–Kier alpha value is -1.87. The normalized spacial score (nSPS) is 15.8. The molecule has 0 saturated carbocycles. The molecule has 3 rings (SSSR count). The molecule has 2 heterocycles. The summed E-state index contributed by atoms with van der Waals surface area (Å²) in [5.74, 6) is 1.00. The van der Waals surface area contributed by atoms with Crippen LogP contribution in [0.25, 0.3) is 0 Å². The van der Waals surface area contributed by atoms with Crippen LogP contribution in [0.2, 0.25) is 0 Å². The molecule has 1 aliphatic heterocycles. The zero-order chi connectivity index (χ0) is 14.1. The number of aliphatic hydroxyl groups is 1. The van der Waals surface area contributed by atoms with Crippen LogP contribution >= 0.6 is 0 Å². The highest BCUT2D eigenvalue weighted by Gasteiger charge is 2.18. The quantitative estimate of drug-likeness (QED) is 0.909. The standard InChI is InChI=1S/C17H20N2O/c1-12-16(13(2)20)7-8-17(18-12)19-10-9-14-5-3-4-6-15(14)11-19/h3-8,13,20H,9-11H2,1-2H3/t13-/m1/s1. The van der Waals surface area contributed by atoms with Gasteiger partial charge in [0, 0.05) is 24.3 Å². The molecule has 1 aromatic heterocycles. The van der Waals surface area contributed by atoms with E-state index in [1.165, 1.54) is 11.1 Å². The second kappa shape index (κ2) is 5.25. The van der Waals surface area contributed by atoms with Crippen LogP contribution in [0.1, 0.15) is 35.4 Å². The van der Waals surface area contributed by atoms with Crippen LogP contribution in [0.15, 0.2) is 36.4 Å². The fraction of sp³-hybridized carbons (Fsp3) is 0.353. The van der Waals surface area contributed by atoms with Crippen molar-refractivity contribution in [3.8, 4) is 0 Å². The van der Waals surface area contributed by atoms with Crippen molar-refractivity contribution in [1.29, 1.82) is 0 Å². The fourth-order valence-corrected chi connectivity index (χ4v) is 2.87. The van der Waals surface area contributed by atoms with Gasteiger partial charge < -0.3 is 10.0 Å². The number of anilines is 1. The number of aromatic nitrogens is 1. The molecule has 1 atom stereocenters. The Bertz CT molecular complexity index is 622. The van der Waals surface area contributed by atoms with Crippen LogP contribution in [0.3, 0.4) is 0 Å². The smallest absolute Gasteiger partial charge is 0.129 e. The Kier molecular flexibility index (Phi) is 3.45. The number of fused-ring (bicyclic) bond motifs is 1. The molecule has 0 bridgehead atoms. The van der Waals surface area contributed by atoms with Crippen LogP contribution in [-0.4, -0.2) is 16.6 Å². The summed E-state index contributed by atoms with van der Waals surface area (Å²) in [6.07, 6.45) is 0.605. The van der Waals surface area contributed by atoms with Crippen LogP contribution in [0.5, 0.6) is 0 Å². The highest BCUT2D eigenvalue weighted by molar-refractivity contribution is 5.46. The minimum Gasteiger partial charge on any atom is -0.389 e. The van der Waals surface area contributed by atoms with Gasteiger partial charge in [0.1, 0.15) is 5.82 Å². The summed E-state index contributed by atoms with van der Waals surface area (Å²) in [5.41, 5.74) is 4.65. The molecule has 20 heavy (non-hydrogen) atoms. The lowest BCUT2D eigenvalue weighted by atomic mass is 10.00. The van der Waals surface area contributed by atoms with E-state index in [0.29, 0.717) is 0 Å². The summed E-state index contributed by atoms with van der Waals surface area (Å²) < 4.78 is 0. The first-order valence-electron chi connectivity index (χ1n) is 7.12. The van der Waals surface area contributed by atoms with E-state index in [0.717, 1.165) is 36.6 Å². The van der Waals surface area contributed by atoms with Crippen molar-refractivity contribution in [3.05, 3.63) is 58.8 Å². The maximum atomic E-state index is 9.68. The lowest BCUT2D eigenvalue weighted by molar-refractivity contribution is 0.198. The van der Waals surface area contributed by atoms with Gasteiger partial charge in [0.2, 0.25) is 0 Å². The third-order valence-electron chi connectivity index (χ3n) is 4.02. The number of hydrogen-bond acceptors (Lipinski definition) is 3. The molecule has 0 amide bonds. The molecule has 0 spiro atoms. The largest absolute Gasteiger partial charge is 0.389 e. The average molecular weight is 268 g/mol. The molecule has 0 unspecified atom stereocenters. The Labute approximate surface area is 119 Å². The second-order valence-electron chi connectivity index (χ2n) is 5.46. The minimum atomic E-state index is -0.460. The van der Waals surface area contributed by atoms with Crippen molar-refractivity contribution in [3.63, 3.8) is 0 Å². The van der Waals surface area contributed by atoms with Crippen LogP contribution < -0.4 is 4.90 Å². The molecular formula is C17H20N2O. The first-order valence-corrected chi connectivity index (χ1v) is 7.12. The SMILES string of the molecule is Cc1nc(N2CCc3ccccc3C2)ccc1[C@@H](C)O.